The van der Waals surface area contributed by atoms with Crippen LogP contribution in [0.15, 0.2) is 22.8 Å². The van der Waals surface area contributed by atoms with Crippen molar-refractivity contribution < 1.29 is 17.6 Å². The Kier molecular flexibility index (Phi) is 4.80. The molecule has 3 rings (SSSR count). The summed E-state index contributed by atoms with van der Waals surface area (Å²) in [5.41, 5.74) is 0. The highest BCUT2D eigenvalue weighted by Crippen LogP contribution is 2.35. The fourth-order valence-corrected chi connectivity index (χ4v) is 5.06. The van der Waals surface area contributed by atoms with Crippen LogP contribution in [0.3, 0.4) is 0 Å². The molecule has 0 radical (unpaired) electrons. The average Bonchev–Trinajstić information content (AvgIpc) is 3.15. The summed E-state index contributed by atoms with van der Waals surface area (Å²) in [5, 5.41) is 0. The molecule has 1 aromatic heterocycles. The Bertz CT molecular complexity index is 617. The third-order valence-corrected chi connectivity index (χ3v) is 6.88. The summed E-state index contributed by atoms with van der Waals surface area (Å²) in [5.74, 6) is 1.10. The molecule has 0 saturated carbocycles. The van der Waals surface area contributed by atoms with Gasteiger partial charge in [-0.25, -0.2) is 0 Å². The molecule has 1 aromatic rings. The minimum Gasteiger partial charge on any atom is -0.468 e. The summed E-state index contributed by atoms with van der Waals surface area (Å²) in [6, 6.07) is 3.78. The van der Waals surface area contributed by atoms with Gasteiger partial charge in [0.2, 0.25) is 0 Å². The highest BCUT2D eigenvalue weighted by Gasteiger charge is 2.48. The first kappa shape index (κ1) is 16.9. The lowest BCUT2D eigenvalue weighted by Crippen LogP contribution is -2.56. The van der Waals surface area contributed by atoms with Gasteiger partial charge in [-0.05, 0) is 18.6 Å². The fourth-order valence-electron chi connectivity index (χ4n) is 3.74. The molecule has 130 valence electrons. The maximum atomic E-state index is 12.6. The molecule has 3 atom stereocenters. The molecule has 0 N–H and O–H groups in total. The molecule has 0 spiro atoms. The minimum absolute atomic E-state index is 0.0453. The number of furan rings is 1. The van der Waals surface area contributed by atoms with Gasteiger partial charge in [0.15, 0.2) is 0 Å². The molecule has 8 heteroatoms. The zero-order chi connectivity index (χ0) is 16.6. The van der Waals surface area contributed by atoms with Crippen LogP contribution in [0.25, 0.3) is 0 Å². The zero-order valence-electron chi connectivity index (χ0n) is 13.9. The highest BCUT2D eigenvalue weighted by atomic mass is 32.2. The monoisotopic (exact) mass is 343 g/mol. The molecule has 0 amide bonds. The zero-order valence-corrected chi connectivity index (χ0v) is 14.7. The molecule has 2 saturated heterocycles. The summed E-state index contributed by atoms with van der Waals surface area (Å²) in [7, 11) is 1.48. The lowest BCUT2D eigenvalue weighted by Gasteiger charge is -2.40. The Morgan fingerprint density at radius 2 is 2.17 bits per heavy atom. The van der Waals surface area contributed by atoms with Crippen LogP contribution >= 0.6 is 0 Å². The first-order valence-corrected chi connectivity index (χ1v) is 9.30. The number of hydrogen-bond donors (Lipinski definition) is 0. The average molecular weight is 343 g/mol. The van der Waals surface area contributed by atoms with Gasteiger partial charge in [0.25, 0.3) is 10.2 Å². The molecule has 3 heterocycles. The van der Waals surface area contributed by atoms with E-state index in [9.17, 15) is 8.42 Å². The molecule has 7 nitrogen and oxygen atoms in total. The quantitative estimate of drug-likeness (QED) is 0.784. The van der Waals surface area contributed by atoms with Crippen molar-refractivity contribution >= 4 is 10.2 Å². The Morgan fingerprint density at radius 1 is 1.39 bits per heavy atom. The lowest BCUT2D eigenvalue weighted by atomic mass is 9.91. The maximum absolute atomic E-state index is 12.6. The van der Waals surface area contributed by atoms with Crippen molar-refractivity contribution in [2.45, 2.75) is 25.1 Å². The van der Waals surface area contributed by atoms with Crippen LogP contribution in [0.1, 0.15) is 12.2 Å². The Balaban J connectivity index is 1.80. The predicted molar refractivity (Wildman–Crippen MR) is 86.0 cm³/mol. The Hall–Kier alpha value is -0.930. The number of piperidine rings is 1. The molecule has 0 bridgehead atoms. The van der Waals surface area contributed by atoms with Gasteiger partial charge in [0.05, 0.1) is 18.9 Å². The van der Waals surface area contributed by atoms with Crippen LogP contribution in [0.4, 0.5) is 0 Å². The number of ether oxygens (including phenoxy) is 1. The van der Waals surface area contributed by atoms with E-state index in [0.717, 1.165) is 18.7 Å². The van der Waals surface area contributed by atoms with Gasteiger partial charge in [-0.3, -0.25) is 4.90 Å². The van der Waals surface area contributed by atoms with E-state index in [1.165, 1.54) is 4.31 Å². The second kappa shape index (κ2) is 6.52. The van der Waals surface area contributed by atoms with Crippen molar-refractivity contribution in [1.29, 1.82) is 0 Å². The van der Waals surface area contributed by atoms with E-state index in [1.807, 2.05) is 12.1 Å². The van der Waals surface area contributed by atoms with Gasteiger partial charge < -0.3 is 9.15 Å². The van der Waals surface area contributed by atoms with Gasteiger partial charge in [-0.15, -0.1) is 0 Å². The number of methoxy groups -OCH3 is 1. The molecule has 2 aliphatic heterocycles. The molecular formula is C15H25N3O4S. The molecule has 0 aliphatic carbocycles. The number of rotatable bonds is 5. The molecule has 2 aliphatic rings. The fraction of sp³-hybridized carbons (Fsp3) is 0.733. The molecule has 23 heavy (non-hydrogen) atoms. The van der Waals surface area contributed by atoms with Crippen LogP contribution in [0.2, 0.25) is 0 Å². The van der Waals surface area contributed by atoms with Crippen LogP contribution in [0.5, 0.6) is 0 Å². The minimum atomic E-state index is -3.41. The van der Waals surface area contributed by atoms with E-state index in [2.05, 4.69) is 4.90 Å². The number of fused-ring (bicyclic) bond motifs is 1. The van der Waals surface area contributed by atoms with Crippen molar-refractivity contribution in [2.75, 3.05) is 40.8 Å². The summed E-state index contributed by atoms with van der Waals surface area (Å²) >= 11 is 0. The van der Waals surface area contributed by atoms with Gasteiger partial charge in [-0.2, -0.15) is 17.0 Å². The van der Waals surface area contributed by atoms with Crippen LogP contribution < -0.4 is 0 Å². The van der Waals surface area contributed by atoms with Gasteiger partial charge in [0.1, 0.15) is 5.76 Å². The number of likely N-dealkylation sites (tertiary alicyclic amines) is 1. The second-order valence-corrected chi connectivity index (χ2v) is 8.56. The molecule has 2 fully saturated rings. The van der Waals surface area contributed by atoms with Crippen molar-refractivity contribution in [1.82, 2.24) is 13.5 Å². The van der Waals surface area contributed by atoms with E-state index < -0.39 is 10.2 Å². The largest absolute Gasteiger partial charge is 0.468 e. The Labute approximate surface area is 138 Å². The summed E-state index contributed by atoms with van der Waals surface area (Å²) in [4.78, 5) is 2.25. The molecule has 0 aromatic carbocycles. The smallest absolute Gasteiger partial charge is 0.281 e. The van der Waals surface area contributed by atoms with Gasteiger partial charge in [-0.1, -0.05) is 0 Å². The van der Waals surface area contributed by atoms with Crippen LogP contribution in [0, 0.1) is 5.92 Å². The standard InChI is InChI=1S/C15H25N3O4S/c1-16(2)23(19,20)18-7-6-15(21-3)13-10-17(11-14(13)18)9-12-5-4-8-22-12/h4-5,8,13-15H,6-7,9-11H2,1-3H3/t13-,14+,15-/m0/s1. The predicted octanol–water partition coefficient (Wildman–Crippen LogP) is 0.607. The Morgan fingerprint density at radius 3 is 2.78 bits per heavy atom. The molecule has 0 unspecified atom stereocenters. The van der Waals surface area contributed by atoms with Crippen molar-refractivity contribution in [2.24, 2.45) is 5.92 Å². The lowest BCUT2D eigenvalue weighted by molar-refractivity contribution is 0.00117. The van der Waals surface area contributed by atoms with Crippen molar-refractivity contribution in [3.8, 4) is 0 Å². The normalized spacial score (nSPS) is 30.0. The van der Waals surface area contributed by atoms with Gasteiger partial charge >= 0.3 is 0 Å². The SMILES string of the molecule is CO[C@H]1CCN(S(=O)(=O)N(C)C)[C@@H]2CN(Cc3ccco3)C[C@H]12. The topological polar surface area (TPSA) is 66.2 Å². The van der Waals surface area contributed by atoms with E-state index in [4.69, 9.17) is 9.15 Å². The maximum Gasteiger partial charge on any atom is 0.281 e. The molecular weight excluding hydrogens is 318 g/mol. The summed E-state index contributed by atoms with van der Waals surface area (Å²) in [6.45, 7) is 2.74. The van der Waals surface area contributed by atoms with Crippen LogP contribution in [-0.2, 0) is 21.5 Å². The number of hydrogen-bond acceptors (Lipinski definition) is 5. The highest BCUT2D eigenvalue weighted by molar-refractivity contribution is 7.86. The van der Waals surface area contributed by atoms with E-state index in [-0.39, 0.29) is 18.1 Å². The first-order chi connectivity index (χ1) is 10.9. The van der Waals surface area contributed by atoms with E-state index in [1.54, 1.807) is 31.8 Å². The number of nitrogens with zero attached hydrogens (tertiary/aromatic N) is 3. The summed E-state index contributed by atoms with van der Waals surface area (Å²) < 4.78 is 39.2. The van der Waals surface area contributed by atoms with E-state index in [0.29, 0.717) is 19.6 Å². The third kappa shape index (κ3) is 3.18. The van der Waals surface area contributed by atoms with Crippen molar-refractivity contribution in [3.05, 3.63) is 24.2 Å². The van der Waals surface area contributed by atoms with Gasteiger partial charge in [0, 0.05) is 52.8 Å². The van der Waals surface area contributed by atoms with Crippen molar-refractivity contribution in [3.63, 3.8) is 0 Å². The third-order valence-electron chi connectivity index (χ3n) is 4.91. The van der Waals surface area contributed by atoms with E-state index >= 15 is 0 Å². The summed E-state index contributed by atoms with van der Waals surface area (Å²) in [6.07, 6.45) is 2.51. The first-order valence-electron chi connectivity index (χ1n) is 7.90. The second-order valence-electron chi connectivity index (χ2n) is 6.47. The van der Waals surface area contributed by atoms with Crippen LogP contribution in [-0.4, -0.2) is 74.9 Å².